The molecule has 0 fully saturated rings. The summed E-state index contributed by atoms with van der Waals surface area (Å²) in [5.74, 6) is -0.945. The lowest BCUT2D eigenvalue weighted by molar-refractivity contribution is 0.0655. The van der Waals surface area contributed by atoms with Crippen LogP contribution in [0.4, 0.5) is 0 Å². The van der Waals surface area contributed by atoms with Crippen molar-refractivity contribution in [2.24, 2.45) is 0 Å². The van der Waals surface area contributed by atoms with E-state index in [-0.39, 0.29) is 29.2 Å². The van der Waals surface area contributed by atoms with Gasteiger partial charge in [-0.05, 0) is 61.1 Å². The predicted molar refractivity (Wildman–Crippen MR) is 97.9 cm³/mol. The standard InChI is InChI=1S/C19H19N3O4S/c23-18-16-6-3-9-20-17(16)19(24)22(18)11-10-21-27(25,26)15-8-7-13-4-1-2-5-14(13)12-15/h3,6-9,12,21H,1-2,4-5,10-11H2. The Balaban J connectivity index is 1.43. The summed E-state index contributed by atoms with van der Waals surface area (Å²) in [4.78, 5) is 29.7. The predicted octanol–water partition coefficient (Wildman–Crippen LogP) is 1.53. The number of rotatable bonds is 5. The molecule has 8 heteroatoms. The van der Waals surface area contributed by atoms with Gasteiger partial charge in [0.15, 0.2) is 0 Å². The molecule has 0 saturated heterocycles. The summed E-state index contributed by atoms with van der Waals surface area (Å²) in [7, 11) is -3.70. The maximum absolute atomic E-state index is 12.6. The first-order chi connectivity index (χ1) is 13.0. The Morgan fingerprint density at radius 2 is 1.81 bits per heavy atom. The molecule has 7 nitrogen and oxygen atoms in total. The summed E-state index contributed by atoms with van der Waals surface area (Å²) in [6.07, 6.45) is 5.52. The van der Waals surface area contributed by atoms with Crippen LogP contribution in [-0.4, -0.2) is 43.2 Å². The van der Waals surface area contributed by atoms with Crippen molar-refractivity contribution in [3.8, 4) is 0 Å². The second kappa shape index (κ2) is 6.86. The number of hydrogen-bond donors (Lipinski definition) is 1. The molecule has 1 aliphatic heterocycles. The largest absolute Gasteiger partial charge is 0.280 e. The Morgan fingerprint density at radius 1 is 1.04 bits per heavy atom. The fourth-order valence-electron chi connectivity index (χ4n) is 3.57. The van der Waals surface area contributed by atoms with E-state index in [9.17, 15) is 18.0 Å². The zero-order valence-corrected chi connectivity index (χ0v) is 15.5. The van der Waals surface area contributed by atoms with Crippen LogP contribution in [0.3, 0.4) is 0 Å². The third-order valence-corrected chi connectivity index (χ3v) is 6.45. The minimum absolute atomic E-state index is 0.0435. The second-order valence-corrected chi connectivity index (χ2v) is 8.46. The number of nitrogens with one attached hydrogen (secondary N) is 1. The van der Waals surface area contributed by atoms with Crippen molar-refractivity contribution in [2.75, 3.05) is 13.1 Å². The van der Waals surface area contributed by atoms with E-state index in [0.29, 0.717) is 0 Å². The van der Waals surface area contributed by atoms with Crippen LogP contribution in [0.2, 0.25) is 0 Å². The van der Waals surface area contributed by atoms with Crippen molar-refractivity contribution in [2.45, 2.75) is 30.6 Å². The Kier molecular flexibility index (Phi) is 4.53. The summed E-state index contributed by atoms with van der Waals surface area (Å²) >= 11 is 0. The molecule has 2 aliphatic rings. The number of imide groups is 1. The van der Waals surface area contributed by atoms with Gasteiger partial charge >= 0.3 is 0 Å². The van der Waals surface area contributed by atoms with Crippen LogP contribution >= 0.6 is 0 Å². The summed E-state index contributed by atoms with van der Waals surface area (Å²) in [6, 6.07) is 8.34. The minimum Gasteiger partial charge on any atom is -0.272 e. The lowest BCUT2D eigenvalue weighted by Gasteiger charge is -2.17. The molecule has 1 N–H and O–H groups in total. The lowest BCUT2D eigenvalue weighted by Crippen LogP contribution is -2.38. The van der Waals surface area contributed by atoms with Gasteiger partial charge in [-0.25, -0.2) is 13.1 Å². The lowest BCUT2D eigenvalue weighted by atomic mass is 9.92. The number of carbonyl (C=O) groups is 2. The van der Waals surface area contributed by atoms with Crippen LogP contribution in [0.25, 0.3) is 0 Å². The van der Waals surface area contributed by atoms with Crippen molar-refractivity contribution >= 4 is 21.8 Å². The van der Waals surface area contributed by atoms with Gasteiger partial charge in [0, 0.05) is 19.3 Å². The monoisotopic (exact) mass is 385 g/mol. The highest BCUT2D eigenvalue weighted by molar-refractivity contribution is 7.89. The van der Waals surface area contributed by atoms with Crippen LogP contribution in [-0.2, 0) is 22.9 Å². The molecule has 2 amide bonds. The minimum atomic E-state index is -3.70. The first kappa shape index (κ1) is 17.8. The van der Waals surface area contributed by atoms with Crippen molar-refractivity contribution in [3.05, 3.63) is 58.9 Å². The molecule has 1 aromatic carbocycles. The molecule has 0 spiro atoms. The number of aromatic nitrogens is 1. The van der Waals surface area contributed by atoms with Crippen LogP contribution in [0.15, 0.2) is 41.4 Å². The van der Waals surface area contributed by atoms with Gasteiger partial charge < -0.3 is 0 Å². The molecule has 2 aromatic rings. The molecule has 0 atom stereocenters. The van der Waals surface area contributed by atoms with E-state index in [0.717, 1.165) is 36.1 Å². The molecular formula is C19H19N3O4S. The van der Waals surface area contributed by atoms with Gasteiger partial charge in [0.05, 0.1) is 10.5 Å². The first-order valence-electron chi connectivity index (χ1n) is 8.90. The fraction of sp³-hybridized carbons (Fsp3) is 0.316. The van der Waals surface area contributed by atoms with Crippen LogP contribution in [0.5, 0.6) is 0 Å². The summed E-state index contributed by atoms with van der Waals surface area (Å²) in [5.41, 5.74) is 2.65. The number of hydrogen-bond acceptors (Lipinski definition) is 5. The van der Waals surface area contributed by atoms with Gasteiger partial charge in [-0.1, -0.05) is 6.07 Å². The van der Waals surface area contributed by atoms with E-state index in [1.807, 2.05) is 6.07 Å². The molecule has 140 valence electrons. The number of fused-ring (bicyclic) bond motifs is 2. The molecule has 0 saturated carbocycles. The van der Waals surface area contributed by atoms with Gasteiger partial charge in [0.2, 0.25) is 10.0 Å². The molecule has 2 heterocycles. The number of carbonyl (C=O) groups excluding carboxylic acids is 2. The number of benzene rings is 1. The van der Waals surface area contributed by atoms with E-state index in [1.165, 1.54) is 11.8 Å². The van der Waals surface area contributed by atoms with Gasteiger partial charge in [-0.15, -0.1) is 0 Å². The molecule has 4 rings (SSSR count). The SMILES string of the molecule is O=C1c2cccnc2C(=O)N1CCNS(=O)(=O)c1ccc2c(c1)CCCC2. The molecule has 0 unspecified atom stereocenters. The highest BCUT2D eigenvalue weighted by atomic mass is 32.2. The molecule has 27 heavy (non-hydrogen) atoms. The Bertz CT molecular complexity index is 998. The average molecular weight is 385 g/mol. The highest BCUT2D eigenvalue weighted by Gasteiger charge is 2.36. The summed E-state index contributed by atoms with van der Waals surface area (Å²) in [5, 5.41) is 0. The average Bonchev–Trinajstić information content (AvgIpc) is 2.93. The zero-order chi connectivity index (χ0) is 19.0. The van der Waals surface area contributed by atoms with Gasteiger partial charge in [0.1, 0.15) is 5.69 Å². The van der Waals surface area contributed by atoms with Gasteiger partial charge in [0.25, 0.3) is 11.8 Å². The smallest absolute Gasteiger partial charge is 0.272 e. The zero-order valence-electron chi connectivity index (χ0n) is 14.6. The maximum atomic E-state index is 12.6. The van der Waals surface area contributed by atoms with Crippen LogP contribution in [0, 0.1) is 0 Å². The summed E-state index contributed by atoms with van der Waals surface area (Å²) in [6.45, 7) is -0.0942. The van der Waals surface area contributed by atoms with Crippen LogP contribution in [0.1, 0.15) is 44.8 Å². The number of aryl methyl sites for hydroxylation is 2. The topological polar surface area (TPSA) is 96.4 Å². The van der Waals surface area contributed by atoms with E-state index < -0.39 is 21.8 Å². The van der Waals surface area contributed by atoms with Crippen LogP contribution < -0.4 is 4.72 Å². The molecule has 0 radical (unpaired) electrons. The van der Waals surface area contributed by atoms with Gasteiger partial charge in [-0.2, -0.15) is 0 Å². The van der Waals surface area contributed by atoms with E-state index >= 15 is 0 Å². The third-order valence-electron chi connectivity index (χ3n) is 4.99. The Labute approximate surface area is 157 Å². The van der Waals surface area contributed by atoms with Crippen molar-refractivity contribution in [3.63, 3.8) is 0 Å². The Hall–Kier alpha value is -2.58. The van der Waals surface area contributed by atoms with E-state index in [4.69, 9.17) is 0 Å². The number of amides is 2. The molecule has 0 bridgehead atoms. The van der Waals surface area contributed by atoms with Crippen molar-refractivity contribution in [1.82, 2.24) is 14.6 Å². The first-order valence-corrected chi connectivity index (χ1v) is 10.4. The summed E-state index contributed by atoms with van der Waals surface area (Å²) < 4.78 is 27.6. The van der Waals surface area contributed by atoms with Crippen molar-refractivity contribution in [1.29, 1.82) is 0 Å². The molecular weight excluding hydrogens is 366 g/mol. The third kappa shape index (κ3) is 3.26. The van der Waals surface area contributed by atoms with E-state index in [1.54, 1.807) is 24.3 Å². The normalized spacial score (nSPS) is 16.4. The number of pyridine rings is 1. The maximum Gasteiger partial charge on any atom is 0.280 e. The highest BCUT2D eigenvalue weighted by Crippen LogP contribution is 2.24. The fourth-order valence-corrected chi connectivity index (χ4v) is 4.64. The van der Waals surface area contributed by atoms with Gasteiger partial charge in [-0.3, -0.25) is 19.5 Å². The number of sulfonamides is 1. The van der Waals surface area contributed by atoms with E-state index in [2.05, 4.69) is 9.71 Å². The Morgan fingerprint density at radius 3 is 2.59 bits per heavy atom. The second-order valence-electron chi connectivity index (χ2n) is 6.70. The molecule has 1 aliphatic carbocycles. The molecule has 1 aromatic heterocycles. The quantitative estimate of drug-likeness (QED) is 0.788. The number of nitrogens with zero attached hydrogens (tertiary/aromatic N) is 2. The van der Waals surface area contributed by atoms with Crippen molar-refractivity contribution < 1.29 is 18.0 Å².